The van der Waals surface area contributed by atoms with E-state index in [2.05, 4.69) is 10.2 Å². The first-order valence-electron chi connectivity index (χ1n) is 7.41. The van der Waals surface area contributed by atoms with Crippen LogP contribution in [0.2, 0.25) is 0 Å². The second-order valence-electron chi connectivity index (χ2n) is 5.36. The van der Waals surface area contributed by atoms with Crippen LogP contribution < -0.4 is 10.1 Å². The van der Waals surface area contributed by atoms with Gasteiger partial charge in [0.2, 0.25) is 5.91 Å². The van der Waals surface area contributed by atoms with Crippen LogP contribution in [0.5, 0.6) is 5.75 Å². The molecule has 0 aliphatic carbocycles. The Morgan fingerprint density at radius 2 is 2.19 bits per heavy atom. The smallest absolute Gasteiger partial charge is 0.234 e. The summed E-state index contributed by atoms with van der Waals surface area (Å²) in [6, 6.07) is 7.92. The molecule has 0 radical (unpaired) electrons. The van der Waals surface area contributed by atoms with Crippen molar-refractivity contribution in [2.75, 3.05) is 39.9 Å². The van der Waals surface area contributed by atoms with E-state index in [0.717, 1.165) is 25.3 Å². The van der Waals surface area contributed by atoms with Crippen molar-refractivity contribution in [1.82, 2.24) is 10.2 Å². The summed E-state index contributed by atoms with van der Waals surface area (Å²) in [5.41, 5.74) is 1.19. The minimum atomic E-state index is 0.0811. The third-order valence-electron chi connectivity index (χ3n) is 3.59. The maximum Gasteiger partial charge on any atom is 0.234 e. The Kier molecular flexibility index (Phi) is 6.02. The maximum atomic E-state index is 11.9. The third kappa shape index (κ3) is 5.36. The number of nitrogens with zero attached hydrogens (tertiary/aromatic N) is 1. The fourth-order valence-corrected chi connectivity index (χ4v) is 2.43. The summed E-state index contributed by atoms with van der Waals surface area (Å²) in [6.07, 6.45) is 1.04. The van der Waals surface area contributed by atoms with Crippen LogP contribution in [0.3, 0.4) is 0 Å². The minimum absolute atomic E-state index is 0.0811. The Labute approximate surface area is 126 Å². The van der Waals surface area contributed by atoms with Gasteiger partial charge in [-0.25, -0.2) is 0 Å². The summed E-state index contributed by atoms with van der Waals surface area (Å²) < 4.78 is 10.6. The van der Waals surface area contributed by atoms with Gasteiger partial charge in [-0.1, -0.05) is 12.1 Å². The minimum Gasteiger partial charge on any atom is -0.497 e. The Balaban J connectivity index is 1.66. The first kappa shape index (κ1) is 15.8. The van der Waals surface area contributed by atoms with Gasteiger partial charge < -0.3 is 14.8 Å². The van der Waals surface area contributed by atoms with Crippen molar-refractivity contribution < 1.29 is 14.3 Å². The maximum absolute atomic E-state index is 11.9. The highest BCUT2D eigenvalue weighted by Gasteiger charge is 2.18. The Hall–Kier alpha value is -1.59. The molecule has 1 amide bonds. The van der Waals surface area contributed by atoms with Crippen LogP contribution >= 0.6 is 0 Å². The van der Waals surface area contributed by atoms with Crippen LogP contribution in [0.1, 0.15) is 12.5 Å². The molecular formula is C16H24N2O3. The molecule has 116 valence electrons. The first-order valence-corrected chi connectivity index (χ1v) is 7.41. The number of hydrogen-bond donors (Lipinski definition) is 1. The zero-order chi connectivity index (χ0) is 15.1. The summed E-state index contributed by atoms with van der Waals surface area (Å²) in [7, 11) is 1.65. The molecule has 0 saturated carbocycles. The molecule has 0 aromatic heterocycles. The molecule has 1 saturated heterocycles. The second-order valence-corrected chi connectivity index (χ2v) is 5.36. The van der Waals surface area contributed by atoms with Crippen molar-refractivity contribution in [3.63, 3.8) is 0 Å². The number of amides is 1. The highest BCUT2D eigenvalue weighted by atomic mass is 16.5. The van der Waals surface area contributed by atoms with Crippen LogP contribution in [0, 0.1) is 0 Å². The lowest BCUT2D eigenvalue weighted by molar-refractivity contribution is -0.124. The van der Waals surface area contributed by atoms with Gasteiger partial charge in [0.25, 0.3) is 0 Å². The van der Waals surface area contributed by atoms with Crippen LogP contribution in [0.25, 0.3) is 0 Å². The van der Waals surface area contributed by atoms with Gasteiger partial charge in [-0.15, -0.1) is 0 Å². The van der Waals surface area contributed by atoms with Crippen molar-refractivity contribution in [3.8, 4) is 5.75 Å². The number of morpholine rings is 1. The highest BCUT2D eigenvalue weighted by molar-refractivity contribution is 5.78. The number of methoxy groups -OCH3 is 1. The number of carbonyl (C=O) groups excluding carboxylic acids is 1. The molecule has 5 heteroatoms. The number of ether oxygens (including phenoxy) is 2. The monoisotopic (exact) mass is 292 g/mol. The summed E-state index contributed by atoms with van der Waals surface area (Å²) >= 11 is 0. The van der Waals surface area contributed by atoms with E-state index in [4.69, 9.17) is 9.47 Å². The number of hydrogen-bond acceptors (Lipinski definition) is 4. The largest absolute Gasteiger partial charge is 0.497 e. The Morgan fingerprint density at radius 3 is 2.86 bits per heavy atom. The van der Waals surface area contributed by atoms with Crippen molar-refractivity contribution in [2.45, 2.75) is 19.4 Å². The molecule has 1 N–H and O–H groups in total. The molecule has 5 nitrogen and oxygen atoms in total. The third-order valence-corrected chi connectivity index (χ3v) is 3.59. The molecule has 1 aromatic rings. The van der Waals surface area contributed by atoms with Crippen molar-refractivity contribution in [2.24, 2.45) is 0 Å². The molecule has 1 atom stereocenters. The van der Waals surface area contributed by atoms with Gasteiger partial charge >= 0.3 is 0 Å². The van der Waals surface area contributed by atoms with Gasteiger partial charge in [0.15, 0.2) is 0 Å². The van der Waals surface area contributed by atoms with Gasteiger partial charge in [-0.2, -0.15) is 0 Å². The zero-order valence-electron chi connectivity index (χ0n) is 12.8. The zero-order valence-corrected chi connectivity index (χ0v) is 12.8. The van der Waals surface area contributed by atoms with Gasteiger partial charge in [0.05, 0.1) is 26.4 Å². The first-order chi connectivity index (χ1) is 10.2. The van der Waals surface area contributed by atoms with Crippen LogP contribution in [0.15, 0.2) is 24.3 Å². The molecule has 1 aliphatic rings. The van der Waals surface area contributed by atoms with E-state index < -0.39 is 0 Å². The molecule has 0 spiro atoms. The molecule has 0 bridgehead atoms. The quantitative estimate of drug-likeness (QED) is 0.852. The summed E-state index contributed by atoms with van der Waals surface area (Å²) in [4.78, 5) is 14.0. The molecule has 0 unspecified atom stereocenters. The molecular weight excluding hydrogens is 268 g/mol. The fraction of sp³-hybridized carbons (Fsp3) is 0.562. The normalized spacial score (nSPS) is 19.2. The van der Waals surface area contributed by atoms with Crippen molar-refractivity contribution in [3.05, 3.63) is 29.8 Å². The van der Waals surface area contributed by atoms with Gasteiger partial charge in [0.1, 0.15) is 5.75 Å². The lowest BCUT2D eigenvalue weighted by Crippen LogP contribution is -2.46. The Morgan fingerprint density at radius 1 is 1.43 bits per heavy atom. The lowest BCUT2D eigenvalue weighted by atomic mass is 10.1. The van der Waals surface area contributed by atoms with E-state index in [9.17, 15) is 4.79 Å². The molecule has 1 aliphatic heterocycles. The summed E-state index contributed by atoms with van der Waals surface area (Å²) in [6.45, 7) is 5.51. The van der Waals surface area contributed by atoms with Gasteiger partial charge in [-0.3, -0.25) is 9.69 Å². The molecule has 2 rings (SSSR count). The molecule has 1 aromatic carbocycles. The van der Waals surface area contributed by atoms with Crippen molar-refractivity contribution >= 4 is 5.91 Å². The predicted octanol–water partition coefficient (Wildman–Crippen LogP) is 1.07. The average Bonchev–Trinajstić information content (AvgIpc) is 2.48. The van der Waals surface area contributed by atoms with Crippen molar-refractivity contribution in [1.29, 1.82) is 0 Å². The van der Waals surface area contributed by atoms with E-state index in [-0.39, 0.29) is 12.0 Å². The molecule has 21 heavy (non-hydrogen) atoms. The second kappa shape index (κ2) is 8.00. The Bertz CT molecular complexity index is 447. The van der Waals surface area contributed by atoms with Crippen LogP contribution in [-0.2, 0) is 16.0 Å². The predicted molar refractivity (Wildman–Crippen MR) is 81.6 cm³/mol. The fourth-order valence-electron chi connectivity index (χ4n) is 2.43. The van der Waals surface area contributed by atoms with Gasteiger partial charge in [0, 0.05) is 19.6 Å². The average molecular weight is 292 g/mol. The van der Waals surface area contributed by atoms with E-state index >= 15 is 0 Å². The number of carbonyl (C=O) groups is 1. The summed E-state index contributed by atoms with van der Waals surface area (Å²) in [5, 5.41) is 2.97. The molecule has 1 fully saturated rings. The molecule has 1 heterocycles. The topological polar surface area (TPSA) is 50.8 Å². The van der Waals surface area contributed by atoms with E-state index in [1.165, 1.54) is 5.56 Å². The van der Waals surface area contributed by atoms with Crippen LogP contribution in [0.4, 0.5) is 0 Å². The number of nitrogens with one attached hydrogen (secondary N) is 1. The number of rotatable bonds is 6. The highest BCUT2D eigenvalue weighted by Crippen LogP contribution is 2.11. The standard InChI is InChI=1S/C16H24N2O3/c1-13-11-18(9-10-21-13)12-16(19)17-8-7-14-3-5-15(20-2)6-4-14/h3-6,13H,7-12H2,1-2H3,(H,17,19)/t13-/m1/s1. The van der Waals surface area contributed by atoms with E-state index in [1.807, 2.05) is 31.2 Å². The van der Waals surface area contributed by atoms with Crippen LogP contribution in [-0.4, -0.2) is 56.8 Å². The SMILES string of the molecule is COc1ccc(CCNC(=O)CN2CCO[C@H](C)C2)cc1. The summed E-state index contributed by atoms with van der Waals surface area (Å²) in [5.74, 6) is 0.932. The number of benzene rings is 1. The van der Waals surface area contributed by atoms with E-state index in [1.54, 1.807) is 7.11 Å². The van der Waals surface area contributed by atoms with E-state index in [0.29, 0.717) is 19.7 Å². The van der Waals surface area contributed by atoms with Gasteiger partial charge in [-0.05, 0) is 31.0 Å². The lowest BCUT2D eigenvalue weighted by Gasteiger charge is -2.30.